The summed E-state index contributed by atoms with van der Waals surface area (Å²) in [6.45, 7) is 16.3. The quantitative estimate of drug-likeness (QED) is 0.211. The van der Waals surface area contributed by atoms with Gasteiger partial charge in [0.1, 0.15) is 23.7 Å². The fourth-order valence-corrected chi connectivity index (χ4v) is 6.80. The molecule has 6 amide bonds. The first-order valence-corrected chi connectivity index (χ1v) is 18.0. The van der Waals surface area contributed by atoms with Crippen LogP contribution in [-0.4, -0.2) is 102 Å². The van der Waals surface area contributed by atoms with Crippen LogP contribution in [0.5, 0.6) is 0 Å². The number of carbonyl (C=O) groups is 7. The highest BCUT2D eigenvalue weighted by Gasteiger charge is 2.70. The maximum atomic E-state index is 14.2. The van der Waals surface area contributed by atoms with E-state index in [1.54, 1.807) is 65.2 Å². The van der Waals surface area contributed by atoms with Crippen LogP contribution in [0, 0.1) is 22.7 Å². The zero-order valence-electron chi connectivity index (χ0n) is 32.5. The fourth-order valence-electron chi connectivity index (χ4n) is 6.80. The van der Waals surface area contributed by atoms with E-state index in [2.05, 4.69) is 21.3 Å². The van der Waals surface area contributed by atoms with Crippen LogP contribution in [0.15, 0.2) is 30.3 Å². The highest BCUT2D eigenvalue weighted by molar-refractivity contribution is 6.38. The average molecular weight is 727 g/mol. The predicted octanol–water partition coefficient (Wildman–Crippen LogP) is 2.71. The van der Waals surface area contributed by atoms with Gasteiger partial charge in [-0.25, -0.2) is 4.79 Å². The van der Waals surface area contributed by atoms with Crippen LogP contribution in [0.3, 0.4) is 0 Å². The van der Waals surface area contributed by atoms with Crippen molar-refractivity contribution < 1.29 is 38.3 Å². The van der Waals surface area contributed by atoms with Crippen molar-refractivity contribution in [1.82, 2.24) is 31.1 Å². The average Bonchev–Trinajstić information content (AvgIpc) is 3.35. The van der Waals surface area contributed by atoms with E-state index in [1.807, 2.05) is 41.5 Å². The summed E-state index contributed by atoms with van der Waals surface area (Å²) in [6, 6.07) is 4.47. The molecular formula is C38H58N6O8. The Kier molecular flexibility index (Phi) is 13.3. The number of carbonyl (C=O) groups excluding carboxylic acids is 7. The highest BCUT2D eigenvalue weighted by atomic mass is 16.6. The van der Waals surface area contributed by atoms with Crippen molar-refractivity contribution >= 4 is 41.4 Å². The van der Waals surface area contributed by atoms with Gasteiger partial charge in [0.25, 0.3) is 5.91 Å². The number of nitrogens with zero attached hydrogens (tertiary/aromatic N) is 2. The Morgan fingerprint density at radius 1 is 0.942 bits per heavy atom. The molecule has 52 heavy (non-hydrogen) atoms. The number of alkyl carbamates (subject to hydrolysis) is 1. The van der Waals surface area contributed by atoms with Gasteiger partial charge in [0, 0.05) is 20.6 Å². The number of ether oxygens (including phenoxy) is 1. The molecule has 0 spiro atoms. The number of nitrogens with one attached hydrogen (secondary N) is 4. The molecule has 3 unspecified atom stereocenters. The molecule has 0 aromatic heterocycles. The Morgan fingerprint density at radius 2 is 1.56 bits per heavy atom. The largest absolute Gasteiger partial charge is 0.444 e. The van der Waals surface area contributed by atoms with Crippen LogP contribution in [0.2, 0.25) is 0 Å². The molecule has 1 aromatic carbocycles. The monoisotopic (exact) mass is 726 g/mol. The zero-order chi connectivity index (χ0) is 39.3. The molecule has 4 N–H and O–H groups in total. The summed E-state index contributed by atoms with van der Waals surface area (Å²) in [5.74, 6) is -4.23. The Labute approximate surface area is 307 Å². The fraction of sp³-hybridized carbons (Fsp3) is 0.658. The number of hydrogen-bond donors (Lipinski definition) is 4. The van der Waals surface area contributed by atoms with Crippen LogP contribution < -0.4 is 21.3 Å². The Balaban J connectivity index is 1.76. The predicted molar refractivity (Wildman–Crippen MR) is 194 cm³/mol. The number of likely N-dealkylation sites (tertiary alicyclic amines) is 1. The van der Waals surface area contributed by atoms with E-state index in [1.165, 1.54) is 9.80 Å². The molecule has 1 saturated heterocycles. The summed E-state index contributed by atoms with van der Waals surface area (Å²) in [5.41, 5.74) is -1.21. The number of ketones is 1. The van der Waals surface area contributed by atoms with E-state index in [0.29, 0.717) is 24.9 Å². The van der Waals surface area contributed by atoms with Gasteiger partial charge in [-0.2, -0.15) is 0 Å². The number of Topliss-reactive ketones (excluding diaryl/α,β-unsaturated/α-hetero) is 1. The first-order valence-electron chi connectivity index (χ1n) is 18.0. The van der Waals surface area contributed by atoms with Crippen molar-refractivity contribution in [3.8, 4) is 0 Å². The number of rotatable bonds is 14. The second-order valence-corrected chi connectivity index (χ2v) is 16.7. The molecule has 1 heterocycles. The number of fused-ring (bicyclic) bond motifs is 1. The van der Waals surface area contributed by atoms with Crippen LogP contribution in [-0.2, 0) is 33.5 Å². The van der Waals surface area contributed by atoms with Gasteiger partial charge in [-0.05, 0) is 55.4 Å². The van der Waals surface area contributed by atoms with Gasteiger partial charge in [-0.1, -0.05) is 84.7 Å². The molecule has 288 valence electrons. The molecule has 14 nitrogen and oxygen atoms in total. The van der Waals surface area contributed by atoms with Crippen LogP contribution in [0.4, 0.5) is 4.79 Å². The molecule has 14 heteroatoms. The number of likely N-dealkylation sites (N-methyl/N-ethyl adjacent to an activating group) is 1. The lowest BCUT2D eigenvalue weighted by Crippen LogP contribution is -2.60. The lowest BCUT2D eigenvalue weighted by atomic mass is 9.85. The second-order valence-electron chi connectivity index (χ2n) is 16.7. The van der Waals surface area contributed by atoms with Crippen LogP contribution >= 0.6 is 0 Å². The number of amides is 6. The maximum Gasteiger partial charge on any atom is 0.408 e. The van der Waals surface area contributed by atoms with Crippen molar-refractivity contribution in [2.24, 2.45) is 22.7 Å². The third kappa shape index (κ3) is 10.3. The zero-order valence-corrected chi connectivity index (χ0v) is 32.5. The van der Waals surface area contributed by atoms with Gasteiger partial charge in [-0.3, -0.25) is 28.8 Å². The molecule has 2 fully saturated rings. The third-order valence-corrected chi connectivity index (χ3v) is 9.77. The molecule has 1 aromatic rings. The number of hydrogen-bond acceptors (Lipinski definition) is 8. The lowest BCUT2D eigenvalue weighted by molar-refractivity contribution is -0.145. The van der Waals surface area contributed by atoms with Crippen molar-refractivity contribution in [2.45, 2.75) is 111 Å². The van der Waals surface area contributed by atoms with E-state index < -0.39 is 77.2 Å². The highest BCUT2D eigenvalue weighted by Crippen LogP contribution is 2.65. The topological polar surface area (TPSA) is 183 Å². The minimum atomic E-state index is -1.21. The van der Waals surface area contributed by atoms with Crippen molar-refractivity contribution in [2.75, 3.05) is 27.2 Å². The molecule has 1 saturated carbocycles. The SMILES string of the molecule is CCCCC(NC(=O)C1C2[C@H](CN1C(=O)[C@@H](NC(=O)OC(C)(C)C)C(C)(C)C)C2(C)C)C(=O)C(=O)NCC(=O)N[C@H](C(=O)N(C)C)c1ccccc1. The summed E-state index contributed by atoms with van der Waals surface area (Å²) < 4.78 is 5.43. The second kappa shape index (κ2) is 16.5. The first kappa shape index (κ1) is 41.9. The van der Waals surface area contributed by atoms with Crippen molar-refractivity contribution in [3.05, 3.63) is 35.9 Å². The van der Waals surface area contributed by atoms with Gasteiger partial charge in [0.2, 0.25) is 29.4 Å². The first-order chi connectivity index (χ1) is 24.0. The smallest absolute Gasteiger partial charge is 0.408 e. The Hall–Kier alpha value is -4.49. The molecule has 6 atom stereocenters. The van der Waals surface area contributed by atoms with Gasteiger partial charge >= 0.3 is 6.09 Å². The van der Waals surface area contributed by atoms with Crippen LogP contribution in [0.1, 0.15) is 93.2 Å². The minimum absolute atomic E-state index is 0.0278. The van der Waals surface area contributed by atoms with Crippen LogP contribution in [0.25, 0.3) is 0 Å². The minimum Gasteiger partial charge on any atom is -0.444 e. The van der Waals surface area contributed by atoms with Gasteiger partial charge < -0.3 is 35.8 Å². The summed E-state index contributed by atoms with van der Waals surface area (Å²) in [6.07, 6.45) is 0.611. The van der Waals surface area contributed by atoms with E-state index in [0.717, 1.165) is 0 Å². The number of benzene rings is 1. The van der Waals surface area contributed by atoms with Gasteiger partial charge in [0.05, 0.1) is 12.6 Å². The molecule has 0 bridgehead atoms. The van der Waals surface area contributed by atoms with E-state index in [4.69, 9.17) is 4.74 Å². The number of unbranched alkanes of at least 4 members (excludes halogenated alkanes) is 1. The molecule has 2 aliphatic rings. The Morgan fingerprint density at radius 3 is 2.10 bits per heavy atom. The lowest BCUT2D eigenvalue weighted by Gasteiger charge is -2.38. The molecule has 0 radical (unpaired) electrons. The van der Waals surface area contributed by atoms with Crippen molar-refractivity contribution in [1.29, 1.82) is 0 Å². The maximum absolute atomic E-state index is 14.2. The molecular weight excluding hydrogens is 668 g/mol. The van der Waals surface area contributed by atoms with E-state index in [9.17, 15) is 33.6 Å². The molecule has 1 aliphatic heterocycles. The standard InChI is InChI=1S/C38H58N6O8/c1-12-13-19-24(29(46)32(48)39-20-25(45)41-27(33(49)43(10)11)22-17-15-14-16-18-22)40-31(47)28-26-23(38(26,8)9)21-44(28)34(50)30(36(2,3)4)42-35(51)52-37(5,6)7/h14-18,23-24,26-28,30H,12-13,19-21H2,1-11H3,(H,39,48)(H,40,47)(H,41,45)(H,42,51)/t23-,24?,26?,27-,28?,30+/m0/s1. The summed E-state index contributed by atoms with van der Waals surface area (Å²) >= 11 is 0. The summed E-state index contributed by atoms with van der Waals surface area (Å²) in [4.78, 5) is 96.2. The van der Waals surface area contributed by atoms with E-state index >= 15 is 0 Å². The van der Waals surface area contributed by atoms with Gasteiger partial charge in [-0.15, -0.1) is 0 Å². The van der Waals surface area contributed by atoms with Crippen molar-refractivity contribution in [3.63, 3.8) is 0 Å². The Bertz CT molecular complexity index is 1510. The normalized spacial score (nSPS) is 20.7. The van der Waals surface area contributed by atoms with Gasteiger partial charge in [0.15, 0.2) is 0 Å². The molecule has 1 aliphatic carbocycles. The third-order valence-electron chi connectivity index (χ3n) is 9.77. The number of piperidine rings is 1. The summed E-state index contributed by atoms with van der Waals surface area (Å²) in [7, 11) is 3.12. The van der Waals surface area contributed by atoms with E-state index in [-0.39, 0.29) is 29.6 Å². The summed E-state index contributed by atoms with van der Waals surface area (Å²) in [5, 5.41) is 10.4. The molecule has 3 rings (SSSR count).